The zero-order valence-corrected chi connectivity index (χ0v) is 36.4. The summed E-state index contributed by atoms with van der Waals surface area (Å²) < 4.78 is 17.5. The molecule has 334 valence electrons. The smallest absolute Gasteiger partial charge is 0.347 e. The number of likely N-dealkylation sites (tertiary alicyclic amines) is 1. The van der Waals surface area contributed by atoms with E-state index in [-0.39, 0.29) is 66.2 Å². The maximum atomic E-state index is 13.9. The number of aliphatic hydroxyl groups excluding tert-OH is 1. The van der Waals surface area contributed by atoms with Gasteiger partial charge < -0.3 is 45.1 Å². The summed E-state index contributed by atoms with van der Waals surface area (Å²) in [7, 11) is 1.49. The monoisotopic (exact) mass is 888 g/mol. The molecule has 1 fully saturated rings. The summed E-state index contributed by atoms with van der Waals surface area (Å²) >= 11 is 6.59. The van der Waals surface area contributed by atoms with E-state index in [2.05, 4.69) is 32.7 Å². The lowest BCUT2D eigenvalue weighted by molar-refractivity contribution is -0.164. The first-order chi connectivity index (χ1) is 31.0. The van der Waals surface area contributed by atoms with E-state index in [1.165, 1.54) is 24.8 Å². The van der Waals surface area contributed by atoms with Crippen molar-refractivity contribution in [3.8, 4) is 17.2 Å². The number of phenolic OH excluding ortho intramolecular Hbond substituents is 1. The van der Waals surface area contributed by atoms with E-state index in [9.17, 15) is 29.7 Å². The van der Waals surface area contributed by atoms with Gasteiger partial charge in [0.15, 0.2) is 0 Å². The molecule has 0 bridgehead atoms. The van der Waals surface area contributed by atoms with E-state index in [4.69, 9.17) is 25.8 Å². The zero-order chi connectivity index (χ0) is 45.1. The molecule has 6 aromatic rings. The Hall–Kier alpha value is -6.22. The second kappa shape index (κ2) is 21.4. The van der Waals surface area contributed by atoms with Crippen molar-refractivity contribution in [2.24, 2.45) is 5.92 Å². The van der Waals surface area contributed by atoms with Crippen LogP contribution in [-0.2, 0) is 28.2 Å². The summed E-state index contributed by atoms with van der Waals surface area (Å²) in [6.45, 7) is 3.79. The van der Waals surface area contributed by atoms with Crippen LogP contribution in [0.15, 0.2) is 126 Å². The molecule has 1 aliphatic heterocycles. The number of ether oxygens (including phenoxy) is 3. The Balaban J connectivity index is 0.895. The van der Waals surface area contributed by atoms with Crippen LogP contribution < -0.4 is 25.7 Å². The highest BCUT2D eigenvalue weighted by Crippen LogP contribution is 2.34. The van der Waals surface area contributed by atoms with Gasteiger partial charge in [0, 0.05) is 48.8 Å². The predicted octanol–water partition coefficient (Wildman–Crippen LogP) is 6.61. The number of halogens is 1. The molecule has 0 unspecified atom stereocenters. The number of aromatic amines is 1. The third kappa shape index (κ3) is 11.1. The molecule has 14 heteroatoms. The second-order valence-corrected chi connectivity index (χ2v) is 16.3. The third-order valence-electron chi connectivity index (χ3n) is 11.6. The Labute approximate surface area is 376 Å². The first kappa shape index (κ1) is 45.8. The summed E-state index contributed by atoms with van der Waals surface area (Å²) in [6.07, 6.45) is 1.25. The molecule has 0 saturated carbocycles. The van der Waals surface area contributed by atoms with Gasteiger partial charge in [-0.2, -0.15) is 0 Å². The van der Waals surface area contributed by atoms with Crippen LogP contribution in [0.1, 0.15) is 63.5 Å². The number of benzene rings is 5. The number of pyridine rings is 1. The Kier molecular flexibility index (Phi) is 15.3. The minimum absolute atomic E-state index is 0.0953. The van der Waals surface area contributed by atoms with E-state index in [1.807, 2.05) is 24.3 Å². The van der Waals surface area contributed by atoms with E-state index >= 15 is 0 Å². The van der Waals surface area contributed by atoms with E-state index in [1.54, 1.807) is 72.8 Å². The topological polar surface area (TPSA) is 183 Å². The van der Waals surface area contributed by atoms with Crippen molar-refractivity contribution in [3.63, 3.8) is 0 Å². The minimum atomic E-state index is -2.07. The maximum Gasteiger partial charge on any atom is 0.347 e. The normalized spacial score (nSPS) is 14.7. The molecule has 64 heavy (non-hydrogen) atoms. The summed E-state index contributed by atoms with van der Waals surface area (Å²) in [4.78, 5) is 43.9. The van der Waals surface area contributed by atoms with Gasteiger partial charge in [-0.15, -0.1) is 0 Å². The van der Waals surface area contributed by atoms with Gasteiger partial charge in [0.2, 0.25) is 11.2 Å². The lowest BCUT2D eigenvalue weighted by atomic mass is 9.86. The lowest BCUT2D eigenvalue weighted by Crippen LogP contribution is -2.40. The zero-order valence-electron chi connectivity index (χ0n) is 35.6. The number of hydrogen-bond acceptors (Lipinski definition) is 11. The number of nitrogens with one attached hydrogen (secondary N) is 3. The van der Waals surface area contributed by atoms with E-state index in [0.717, 1.165) is 32.5 Å². The van der Waals surface area contributed by atoms with Gasteiger partial charge in [-0.1, -0.05) is 90.5 Å². The van der Waals surface area contributed by atoms with E-state index in [0.29, 0.717) is 45.6 Å². The number of aromatic hydroxyl groups is 1. The summed E-state index contributed by atoms with van der Waals surface area (Å²) in [5.74, 6) is -0.192. The van der Waals surface area contributed by atoms with Gasteiger partial charge in [-0.25, -0.2) is 4.79 Å². The molecule has 0 radical (unpaired) electrons. The average molecular weight is 889 g/mol. The number of methoxy groups -OCH3 is 1. The largest absolute Gasteiger partial charge is 0.506 e. The highest BCUT2D eigenvalue weighted by atomic mass is 35.5. The summed E-state index contributed by atoms with van der Waals surface area (Å²) in [5.41, 5.74) is 1.19. The number of H-pyrrole nitrogens is 1. The molecule has 6 N–H and O–H groups in total. The number of fused-ring (bicyclic) bond motifs is 1. The molecule has 0 spiro atoms. The molecular formula is C50H53ClN4O9. The highest BCUT2D eigenvalue weighted by Gasteiger charge is 2.42. The van der Waals surface area contributed by atoms with Gasteiger partial charge in [0.1, 0.15) is 17.2 Å². The van der Waals surface area contributed by atoms with Crippen molar-refractivity contribution in [1.29, 1.82) is 0 Å². The maximum absolute atomic E-state index is 13.9. The minimum Gasteiger partial charge on any atom is -0.506 e. The number of amides is 1. The molecule has 13 nitrogen and oxygen atoms in total. The number of aromatic nitrogens is 1. The van der Waals surface area contributed by atoms with Crippen molar-refractivity contribution in [1.82, 2.24) is 20.5 Å². The lowest BCUT2D eigenvalue weighted by Gasteiger charge is -2.33. The molecule has 1 aromatic heterocycles. The fourth-order valence-electron chi connectivity index (χ4n) is 8.00. The van der Waals surface area contributed by atoms with Crippen molar-refractivity contribution in [2.75, 3.05) is 46.5 Å². The molecule has 2 atom stereocenters. The number of phenols is 1. The predicted molar refractivity (Wildman–Crippen MR) is 245 cm³/mol. The number of piperidine rings is 1. The number of aliphatic hydroxyl groups is 2. The number of nitrogens with zero attached hydrogens (tertiary/aromatic N) is 1. The van der Waals surface area contributed by atoms with Gasteiger partial charge in [-0.3, -0.25) is 14.5 Å². The van der Waals surface area contributed by atoms with Crippen LogP contribution in [0.2, 0.25) is 5.02 Å². The number of rotatable bonds is 19. The fourth-order valence-corrected chi connectivity index (χ4v) is 8.27. The highest BCUT2D eigenvalue weighted by molar-refractivity contribution is 6.34. The van der Waals surface area contributed by atoms with Gasteiger partial charge in [0.05, 0.1) is 42.5 Å². The standard InChI is InChI=1S/C50H53ClN4O9/c1-62-45-28-41(42(51)26-35(45)29-52-30-44(57)39-16-18-43(56)47-40(39)17-19-46(58)54-47)48(59)53-22-9-25-63-38-15-8-14-37(27-38)50(61,36-12-6-3-7-13-36)49(60)64-32-34-20-23-55(24-21-34)31-33-10-4-2-5-11-33/h2-8,10-19,26-28,34,44,52,56-57,61H,9,20-25,29-32H2,1H3,(H,53,59)(H,54,58)/t44-,50-/m0/s1. The quantitative estimate of drug-likeness (QED) is 0.0381. The Morgan fingerprint density at radius 3 is 2.41 bits per heavy atom. The average Bonchev–Trinajstić information content (AvgIpc) is 3.31. The van der Waals surface area contributed by atoms with Gasteiger partial charge in [-0.05, 0) is 91.4 Å². The molecular weight excluding hydrogens is 836 g/mol. The second-order valence-electron chi connectivity index (χ2n) is 15.9. The van der Waals surface area contributed by atoms with Crippen LogP contribution in [0.25, 0.3) is 10.9 Å². The molecule has 0 aliphatic carbocycles. The number of esters is 1. The Morgan fingerprint density at radius 2 is 1.66 bits per heavy atom. The van der Waals surface area contributed by atoms with Crippen LogP contribution in [-0.4, -0.2) is 83.6 Å². The SMILES string of the molecule is COc1cc(C(=O)NCCCOc2cccc([C@](O)(C(=O)OCC3CCN(Cc4ccccc4)CC3)c3ccccc3)c2)c(Cl)cc1CNC[C@H](O)c1ccc(O)c2[nH]c(=O)ccc12. The number of hydrogen-bond donors (Lipinski definition) is 6. The number of carbonyl (C=O) groups is 2. The van der Waals surface area contributed by atoms with E-state index < -0.39 is 23.6 Å². The van der Waals surface area contributed by atoms with Crippen molar-refractivity contribution in [2.45, 2.75) is 44.1 Å². The van der Waals surface area contributed by atoms with Crippen molar-refractivity contribution < 1.29 is 39.1 Å². The first-order valence-electron chi connectivity index (χ1n) is 21.4. The Morgan fingerprint density at radius 1 is 0.922 bits per heavy atom. The van der Waals surface area contributed by atoms with Crippen molar-refractivity contribution >= 4 is 34.4 Å². The van der Waals surface area contributed by atoms with Crippen LogP contribution >= 0.6 is 11.6 Å². The molecule has 1 aliphatic rings. The van der Waals surface area contributed by atoms with Gasteiger partial charge in [0.25, 0.3) is 5.91 Å². The number of carbonyl (C=O) groups excluding carboxylic acids is 2. The van der Waals surface area contributed by atoms with Crippen LogP contribution in [0.5, 0.6) is 17.2 Å². The molecule has 1 saturated heterocycles. The first-order valence-corrected chi connectivity index (χ1v) is 21.7. The summed E-state index contributed by atoms with van der Waals surface area (Å²) in [5, 5.41) is 40.1. The summed E-state index contributed by atoms with van der Waals surface area (Å²) in [6, 6.07) is 35.0. The molecule has 1 amide bonds. The molecule has 7 rings (SSSR count). The molecule has 2 heterocycles. The fraction of sp³-hybridized carbons (Fsp3) is 0.300. The van der Waals surface area contributed by atoms with Crippen LogP contribution in [0, 0.1) is 5.92 Å². The van der Waals surface area contributed by atoms with Gasteiger partial charge >= 0.3 is 5.97 Å². The van der Waals surface area contributed by atoms with Crippen LogP contribution in [0.4, 0.5) is 0 Å². The Bertz CT molecular complexity index is 2580. The van der Waals surface area contributed by atoms with Crippen molar-refractivity contribution in [3.05, 3.63) is 170 Å². The molecule has 5 aromatic carbocycles. The third-order valence-corrected chi connectivity index (χ3v) is 11.9. The van der Waals surface area contributed by atoms with Crippen LogP contribution in [0.3, 0.4) is 0 Å².